The summed E-state index contributed by atoms with van der Waals surface area (Å²) < 4.78 is 17.3. The smallest absolute Gasteiger partial charge is 0.163 e. The highest BCUT2D eigenvalue weighted by molar-refractivity contribution is 5.86. The highest BCUT2D eigenvalue weighted by atomic mass is 16.5. The number of ether oxygens (including phenoxy) is 3. The van der Waals surface area contributed by atoms with Gasteiger partial charge in [-0.3, -0.25) is 4.98 Å². The predicted molar refractivity (Wildman–Crippen MR) is 112 cm³/mol. The first kappa shape index (κ1) is 19.5. The lowest BCUT2D eigenvalue weighted by atomic mass is 9.88. The topological polar surface area (TPSA) is 43.8 Å². The lowest BCUT2D eigenvalue weighted by Gasteiger charge is -2.24. The Hall–Kier alpha value is -1.85. The zero-order valence-electron chi connectivity index (χ0n) is 17.2. The Morgan fingerprint density at radius 1 is 1.11 bits per heavy atom. The normalized spacial score (nSPS) is 18.6. The summed E-state index contributed by atoms with van der Waals surface area (Å²) in [6, 6.07) is 6.40. The number of nitrogens with zero attached hydrogens (tertiary/aromatic N) is 2. The van der Waals surface area contributed by atoms with Crippen molar-refractivity contribution in [2.75, 3.05) is 46.6 Å². The van der Waals surface area contributed by atoms with Gasteiger partial charge in [0.15, 0.2) is 11.5 Å². The van der Waals surface area contributed by atoms with Crippen LogP contribution in [0.1, 0.15) is 49.3 Å². The summed E-state index contributed by atoms with van der Waals surface area (Å²) in [5.41, 5.74) is 3.42. The van der Waals surface area contributed by atoms with E-state index in [-0.39, 0.29) is 0 Å². The molecule has 0 radical (unpaired) electrons. The van der Waals surface area contributed by atoms with Crippen molar-refractivity contribution in [2.45, 2.75) is 44.9 Å². The third-order valence-electron chi connectivity index (χ3n) is 5.99. The van der Waals surface area contributed by atoms with Gasteiger partial charge in [0, 0.05) is 36.9 Å². The van der Waals surface area contributed by atoms with Gasteiger partial charge in [-0.25, -0.2) is 0 Å². The molecule has 0 N–H and O–H groups in total. The first-order valence-corrected chi connectivity index (χ1v) is 10.7. The first-order valence-electron chi connectivity index (χ1n) is 10.7. The number of aryl methyl sites for hydroxylation is 1. The van der Waals surface area contributed by atoms with E-state index in [1.165, 1.54) is 36.9 Å². The van der Waals surface area contributed by atoms with Crippen molar-refractivity contribution in [3.8, 4) is 11.5 Å². The molecule has 5 nitrogen and oxygen atoms in total. The Morgan fingerprint density at radius 2 is 1.89 bits per heavy atom. The van der Waals surface area contributed by atoms with Gasteiger partial charge < -0.3 is 19.1 Å². The quantitative estimate of drug-likeness (QED) is 0.666. The molecular weight excluding hydrogens is 352 g/mol. The van der Waals surface area contributed by atoms with Crippen LogP contribution >= 0.6 is 0 Å². The molecule has 2 saturated heterocycles. The average molecular weight is 385 g/mol. The Balaban J connectivity index is 1.53. The van der Waals surface area contributed by atoms with Gasteiger partial charge in [-0.1, -0.05) is 0 Å². The van der Waals surface area contributed by atoms with Crippen LogP contribution in [0.4, 0.5) is 0 Å². The predicted octanol–water partition coefficient (Wildman–Crippen LogP) is 4.31. The maximum absolute atomic E-state index is 6.11. The SMILES string of the molecule is COc1cc2c(C3CCOCC3)cc(C)nc2cc1OCCCN1CCCC1. The minimum atomic E-state index is 0.523. The molecule has 0 atom stereocenters. The molecule has 152 valence electrons. The summed E-state index contributed by atoms with van der Waals surface area (Å²) in [6.07, 6.45) is 5.83. The van der Waals surface area contributed by atoms with Crippen LogP contribution in [0, 0.1) is 6.92 Å². The van der Waals surface area contributed by atoms with Crippen LogP contribution in [-0.2, 0) is 4.74 Å². The Morgan fingerprint density at radius 3 is 2.64 bits per heavy atom. The Bertz CT molecular complexity index is 796. The van der Waals surface area contributed by atoms with Crippen molar-refractivity contribution in [3.05, 3.63) is 29.5 Å². The molecule has 1 aromatic heterocycles. The number of hydrogen-bond acceptors (Lipinski definition) is 5. The van der Waals surface area contributed by atoms with E-state index in [4.69, 9.17) is 19.2 Å². The number of rotatable bonds is 7. The molecule has 0 aliphatic carbocycles. The van der Waals surface area contributed by atoms with Gasteiger partial charge in [-0.05, 0) is 75.7 Å². The molecule has 28 heavy (non-hydrogen) atoms. The van der Waals surface area contributed by atoms with Crippen molar-refractivity contribution in [1.29, 1.82) is 0 Å². The molecule has 3 heterocycles. The van der Waals surface area contributed by atoms with Gasteiger partial charge in [0.1, 0.15) is 0 Å². The van der Waals surface area contributed by atoms with Crippen LogP contribution in [0.25, 0.3) is 10.9 Å². The molecule has 5 heteroatoms. The molecule has 0 spiro atoms. The van der Waals surface area contributed by atoms with Crippen LogP contribution in [0.2, 0.25) is 0 Å². The highest BCUT2D eigenvalue weighted by Gasteiger charge is 2.21. The van der Waals surface area contributed by atoms with Gasteiger partial charge in [0.2, 0.25) is 0 Å². The fourth-order valence-electron chi connectivity index (χ4n) is 4.49. The van der Waals surface area contributed by atoms with Gasteiger partial charge in [-0.2, -0.15) is 0 Å². The molecule has 0 bridgehead atoms. The fourth-order valence-corrected chi connectivity index (χ4v) is 4.49. The van der Waals surface area contributed by atoms with E-state index in [1.54, 1.807) is 7.11 Å². The number of fused-ring (bicyclic) bond motifs is 1. The summed E-state index contributed by atoms with van der Waals surface area (Å²) in [6.45, 7) is 8.03. The summed E-state index contributed by atoms with van der Waals surface area (Å²) in [5.74, 6) is 2.12. The van der Waals surface area contributed by atoms with Gasteiger partial charge in [-0.15, -0.1) is 0 Å². The van der Waals surface area contributed by atoms with Gasteiger partial charge in [0.25, 0.3) is 0 Å². The van der Waals surface area contributed by atoms with Crippen molar-refractivity contribution in [3.63, 3.8) is 0 Å². The van der Waals surface area contributed by atoms with E-state index in [9.17, 15) is 0 Å². The van der Waals surface area contributed by atoms with Crippen molar-refractivity contribution >= 4 is 10.9 Å². The molecule has 0 amide bonds. The summed E-state index contributed by atoms with van der Waals surface area (Å²) in [7, 11) is 1.72. The number of hydrogen-bond donors (Lipinski definition) is 0. The third-order valence-corrected chi connectivity index (χ3v) is 5.99. The number of pyridine rings is 1. The fraction of sp³-hybridized carbons (Fsp3) is 0.609. The second-order valence-electron chi connectivity index (χ2n) is 8.01. The lowest BCUT2D eigenvalue weighted by Crippen LogP contribution is -2.21. The minimum Gasteiger partial charge on any atom is -0.493 e. The molecule has 4 rings (SSSR count). The number of benzene rings is 1. The average Bonchev–Trinajstić information content (AvgIpc) is 3.24. The number of likely N-dealkylation sites (tertiary alicyclic amines) is 1. The van der Waals surface area contributed by atoms with Crippen molar-refractivity contribution in [1.82, 2.24) is 9.88 Å². The largest absolute Gasteiger partial charge is 0.493 e. The Labute approximate surface area is 168 Å². The lowest BCUT2D eigenvalue weighted by molar-refractivity contribution is 0.0856. The second-order valence-corrected chi connectivity index (χ2v) is 8.01. The molecule has 2 aromatic rings. The van der Waals surface area contributed by atoms with Crippen LogP contribution < -0.4 is 9.47 Å². The van der Waals surface area contributed by atoms with Gasteiger partial charge in [0.05, 0.1) is 19.2 Å². The van der Waals surface area contributed by atoms with E-state index in [0.717, 1.165) is 61.7 Å². The zero-order valence-corrected chi connectivity index (χ0v) is 17.2. The van der Waals surface area contributed by atoms with Crippen LogP contribution in [0.5, 0.6) is 11.5 Å². The van der Waals surface area contributed by atoms with Crippen LogP contribution in [0.3, 0.4) is 0 Å². The second kappa shape index (κ2) is 9.10. The van der Waals surface area contributed by atoms with Gasteiger partial charge >= 0.3 is 0 Å². The monoisotopic (exact) mass is 384 g/mol. The molecule has 0 saturated carbocycles. The van der Waals surface area contributed by atoms with Crippen molar-refractivity contribution in [2.24, 2.45) is 0 Å². The maximum Gasteiger partial charge on any atom is 0.163 e. The Kier molecular flexibility index (Phi) is 6.33. The van der Waals surface area contributed by atoms with Crippen LogP contribution in [0.15, 0.2) is 18.2 Å². The molecule has 1 aromatic carbocycles. The summed E-state index contributed by atoms with van der Waals surface area (Å²) in [4.78, 5) is 7.30. The number of methoxy groups -OCH3 is 1. The number of aromatic nitrogens is 1. The molecule has 2 aliphatic rings. The first-order chi connectivity index (χ1) is 13.7. The molecular formula is C23H32N2O3. The molecule has 0 unspecified atom stereocenters. The van der Waals surface area contributed by atoms with E-state index in [1.807, 2.05) is 0 Å². The summed E-state index contributed by atoms with van der Waals surface area (Å²) >= 11 is 0. The maximum atomic E-state index is 6.11. The molecule has 2 fully saturated rings. The van der Waals surface area contributed by atoms with E-state index < -0.39 is 0 Å². The molecule has 2 aliphatic heterocycles. The standard InChI is InChI=1S/C23H32N2O3/c1-17-14-19(18-6-12-27-13-7-18)20-15-22(26-2)23(16-21(20)24-17)28-11-5-10-25-8-3-4-9-25/h14-16,18H,3-13H2,1-2H3. The van der Waals surface area contributed by atoms with E-state index in [2.05, 4.69) is 30.0 Å². The summed E-state index contributed by atoms with van der Waals surface area (Å²) in [5, 5.41) is 1.18. The third kappa shape index (κ3) is 4.41. The zero-order chi connectivity index (χ0) is 19.3. The highest BCUT2D eigenvalue weighted by Crippen LogP contribution is 2.38. The van der Waals surface area contributed by atoms with Crippen LogP contribution in [-0.4, -0.2) is 56.4 Å². The van der Waals surface area contributed by atoms with Crippen molar-refractivity contribution < 1.29 is 14.2 Å². The van der Waals surface area contributed by atoms with E-state index >= 15 is 0 Å². The van der Waals surface area contributed by atoms with E-state index in [0.29, 0.717) is 12.5 Å². The minimum absolute atomic E-state index is 0.523.